The summed E-state index contributed by atoms with van der Waals surface area (Å²) in [5, 5.41) is 0. The Morgan fingerprint density at radius 1 is 1.31 bits per heavy atom. The van der Waals surface area contributed by atoms with E-state index >= 15 is 0 Å². The molecule has 3 heterocycles. The third kappa shape index (κ3) is 6.16. The molecule has 0 bridgehead atoms. The van der Waals surface area contributed by atoms with Gasteiger partial charge in [-0.2, -0.15) is 0 Å². The summed E-state index contributed by atoms with van der Waals surface area (Å²) >= 11 is 0. The normalized spacial score (nSPS) is 23.0. The molecule has 2 aliphatic rings. The Kier molecular flexibility index (Phi) is 7.11. The van der Waals surface area contributed by atoms with Crippen LogP contribution in [0.25, 0.3) is 0 Å². The Hall–Kier alpha value is -2.15. The van der Waals surface area contributed by atoms with E-state index in [4.69, 9.17) is 9.47 Å². The summed E-state index contributed by atoms with van der Waals surface area (Å²) < 4.78 is 11.1. The average molecular weight is 404 g/mol. The van der Waals surface area contributed by atoms with E-state index in [-0.39, 0.29) is 18.0 Å². The number of carbonyl (C=O) groups excluding carboxylic acids is 2. The van der Waals surface area contributed by atoms with Crippen molar-refractivity contribution in [3.8, 4) is 0 Å². The third-order valence-corrected chi connectivity index (χ3v) is 5.44. The zero-order chi connectivity index (χ0) is 20.9. The van der Waals surface area contributed by atoms with E-state index in [0.717, 1.165) is 38.0 Å². The highest BCUT2D eigenvalue weighted by atomic mass is 16.6. The van der Waals surface area contributed by atoms with E-state index in [1.165, 1.54) is 0 Å². The molecule has 7 nitrogen and oxygen atoms in total. The molecule has 7 heteroatoms. The lowest BCUT2D eigenvalue weighted by Crippen LogP contribution is -2.53. The Bertz CT molecular complexity index is 683. The maximum atomic E-state index is 13.1. The van der Waals surface area contributed by atoms with E-state index < -0.39 is 5.60 Å². The lowest BCUT2D eigenvalue weighted by Gasteiger charge is -2.42. The van der Waals surface area contributed by atoms with Gasteiger partial charge in [0.25, 0.3) is 0 Å². The minimum Gasteiger partial charge on any atom is -0.444 e. The van der Waals surface area contributed by atoms with Gasteiger partial charge in [0.05, 0.1) is 6.04 Å². The van der Waals surface area contributed by atoms with Gasteiger partial charge in [0, 0.05) is 51.7 Å². The maximum Gasteiger partial charge on any atom is 0.410 e. The van der Waals surface area contributed by atoms with Gasteiger partial charge in [0.15, 0.2) is 0 Å². The Morgan fingerprint density at radius 2 is 2.14 bits per heavy atom. The van der Waals surface area contributed by atoms with Crippen LogP contribution in [0.1, 0.15) is 58.1 Å². The fraction of sp³-hybridized carbons (Fsp3) is 0.682. The topological polar surface area (TPSA) is 72.0 Å². The SMILES string of the molecule is CC(C)(C)OC(=O)N1CCN(C(=O)CC[C@@H]2CCCOC2)[C@H](c2cccnc2)C1. The molecular weight excluding hydrogens is 370 g/mol. The fourth-order valence-corrected chi connectivity index (χ4v) is 3.94. The molecule has 1 aromatic rings. The van der Waals surface area contributed by atoms with Crippen LogP contribution < -0.4 is 0 Å². The van der Waals surface area contributed by atoms with Gasteiger partial charge < -0.3 is 19.3 Å². The molecule has 0 unspecified atom stereocenters. The van der Waals surface area contributed by atoms with Gasteiger partial charge in [-0.25, -0.2) is 4.79 Å². The van der Waals surface area contributed by atoms with Crippen LogP contribution in [0.5, 0.6) is 0 Å². The third-order valence-electron chi connectivity index (χ3n) is 5.44. The molecule has 3 rings (SSSR count). The first-order chi connectivity index (χ1) is 13.8. The summed E-state index contributed by atoms with van der Waals surface area (Å²) in [6.45, 7) is 8.56. The smallest absolute Gasteiger partial charge is 0.410 e. The summed E-state index contributed by atoms with van der Waals surface area (Å²) in [4.78, 5) is 33.4. The van der Waals surface area contributed by atoms with Crippen LogP contribution >= 0.6 is 0 Å². The Balaban J connectivity index is 1.67. The van der Waals surface area contributed by atoms with Crippen molar-refractivity contribution >= 4 is 12.0 Å². The molecular formula is C22H33N3O4. The van der Waals surface area contributed by atoms with Gasteiger partial charge in [0.2, 0.25) is 5.91 Å². The number of ether oxygens (including phenoxy) is 2. The summed E-state index contributed by atoms with van der Waals surface area (Å²) in [5.74, 6) is 0.598. The maximum absolute atomic E-state index is 13.1. The van der Waals surface area contributed by atoms with Crippen molar-refractivity contribution in [2.45, 2.75) is 58.1 Å². The average Bonchev–Trinajstić information content (AvgIpc) is 2.72. The van der Waals surface area contributed by atoms with E-state index in [9.17, 15) is 9.59 Å². The predicted molar refractivity (Wildman–Crippen MR) is 109 cm³/mol. The number of aromatic nitrogens is 1. The molecule has 0 aromatic carbocycles. The number of piperazine rings is 1. The Morgan fingerprint density at radius 3 is 2.79 bits per heavy atom. The minimum absolute atomic E-state index is 0.133. The molecule has 2 amide bonds. The van der Waals surface area contributed by atoms with Gasteiger partial charge in [-0.3, -0.25) is 9.78 Å². The summed E-state index contributed by atoms with van der Waals surface area (Å²) in [7, 11) is 0. The van der Waals surface area contributed by atoms with Crippen molar-refractivity contribution in [2.75, 3.05) is 32.8 Å². The second-order valence-electron chi connectivity index (χ2n) is 8.94. The highest BCUT2D eigenvalue weighted by Crippen LogP contribution is 2.28. The predicted octanol–water partition coefficient (Wildman–Crippen LogP) is 3.41. The number of hydrogen-bond donors (Lipinski definition) is 0. The van der Waals surface area contributed by atoms with Crippen LogP contribution in [-0.2, 0) is 14.3 Å². The first-order valence-electron chi connectivity index (χ1n) is 10.6. The number of amides is 2. The van der Waals surface area contributed by atoms with Crippen LogP contribution in [0.2, 0.25) is 0 Å². The molecule has 2 fully saturated rings. The number of carbonyl (C=O) groups is 2. The highest BCUT2D eigenvalue weighted by molar-refractivity contribution is 5.77. The molecule has 29 heavy (non-hydrogen) atoms. The lowest BCUT2D eigenvalue weighted by molar-refractivity contribution is -0.137. The Labute approximate surface area is 173 Å². The monoisotopic (exact) mass is 403 g/mol. The minimum atomic E-state index is -0.546. The van der Waals surface area contributed by atoms with Crippen molar-refractivity contribution in [3.05, 3.63) is 30.1 Å². The van der Waals surface area contributed by atoms with Gasteiger partial charge >= 0.3 is 6.09 Å². The van der Waals surface area contributed by atoms with E-state index in [1.807, 2.05) is 37.8 Å². The van der Waals surface area contributed by atoms with Crippen molar-refractivity contribution in [1.82, 2.24) is 14.8 Å². The van der Waals surface area contributed by atoms with Crippen molar-refractivity contribution < 1.29 is 19.1 Å². The van der Waals surface area contributed by atoms with Gasteiger partial charge in [-0.05, 0) is 57.6 Å². The largest absolute Gasteiger partial charge is 0.444 e. The van der Waals surface area contributed by atoms with E-state index in [0.29, 0.717) is 32.0 Å². The first kappa shape index (κ1) is 21.6. The molecule has 0 aliphatic carbocycles. The summed E-state index contributed by atoms with van der Waals surface area (Å²) in [6, 6.07) is 3.62. The van der Waals surface area contributed by atoms with Gasteiger partial charge in [-0.1, -0.05) is 6.07 Å². The van der Waals surface area contributed by atoms with Crippen molar-refractivity contribution in [3.63, 3.8) is 0 Å². The summed E-state index contributed by atoms with van der Waals surface area (Å²) in [5.41, 5.74) is 0.394. The van der Waals surface area contributed by atoms with Gasteiger partial charge in [-0.15, -0.1) is 0 Å². The first-order valence-corrected chi connectivity index (χ1v) is 10.6. The molecule has 1 aromatic heterocycles. The molecule has 0 spiro atoms. The van der Waals surface area contributed by atoms with Crippen LogP contribution in [0.4, 0.5) is 4.79 Å². The zero-order valence-electron chi connectivity index (χ0n) is 17.8. The number of nitrogens with zero attached hydrogens (tertiary/aromatic N) is 3. The molecule has 2 aliphatic heterocycles. The number of pyridine rings is 1. The molecule has 2 saturated heterocycles. The second kappa shape index (κ2) is 9.57. The standard InChI is InChI=1S/C22H33N3O4/c1-22(2,3)29-21(27)24-11-12-25(19(15-24)18-7-4-10-23-14-18)20(26)9-8-17-6-5-13-28-16-17/h4,7,10,14,17,19H,5-6,8-9,11-13,15-16H2,1-3H3/t17-,19-/m0/s1. The quantitative estimate of drug-likeness (QED) is 0.770. The molecule has 160 valence electrons. The fourth-order valence-electron chi connectivity index (χ4n) is 3.94. The number of rotatable bonds is 4. The van der Waals surface area contributed by atoms with Gasteiger partial charge in [0.1, 0.15) is 5.60 Å². The van der Waals surface area contributed by atoms with Crippen LogP contribution in [-0.4, -0.2) is 65.2 Å². The zero-order valence-corrected chi connectivity index (χ0v) is 17.8. The molecule has 0 N–H and O–H groups in total. The van der Waals surface area contributed by atoms with Crippen LogP contribution in [0.3, 0.4) is 0 Å². The number of hydrogen-bond acceptors (Lipinski definition) is 5. The molecule has 0 saturated carbocycles. The molecule has 0 radical (unpaired) electrons. The molecule has 2 atom stereocenters. The lowest BCUT2D eigenvalue weighted by atomic mass is 9.96. The summed E-state index contributed by atoms with van der Waals surface area (Å²) in [6.07, 6.45) is 6.73. The van der Waals surface area contributed by atoms with E-state index in [2.05, 4.69) is 4.98 Å². The van der Waals surface area contributed by atoms with Crippen molar-refractivity contribution in [1.29, 1.82) is 0 Å². The van der Waals surface area contributed by atoms with Crippen LogP contribution in [0, 0.1) is 5.92 Å². The van der Waals surface area contributed by atoms with E-state index in [1.54, 1.807) is 17.3 Å². The van der Waals surface area contributed by atoms with Crippen molar-refractivity contribution in [2.24, 2.45) is 5.92 Å². The van der Waals surface area contributed by atoms with Crippen LogP contribution in [0.15, 0.2) is 24.5 Å². The second-order valence-corrected chi connectivity index (χ2v) is 8.94. The highest BCUT2D eigenvalue weighted by Gasteiger charge is 2.35.